The average molecular weight is 161 g/mol. The van der Waals surface area contributed by atoms with Crippen molar-refractivity contribution in [2.45, 2.75) is 18.6 Å². The van der Waals surface area contributed by atoms with Crippen molar-refractivity contribution >= 4 is 0 Å². The highest BCUT2D eigenvalue weighted by atomic mass is 16.7. The van der Waals surface area contributed by atoms with Crippen LogP contribution in [-0.2, 0) is 9.47 Å². The number of nitrogens with one attached hydrogen (secondary N) is 1. The fourth-order valence-corrected chi connectivity index (χ4v) is 1.21. The van der Waals surface area contributed by atoms with Crippen molar-refractivity contribution in [1.29, 1.82) is 0 Å². The third-order valence-electron chi connectivity index (χ3n) is 1.82. The largest absolute Gasteiger partial charge is 0.395 e. The molecule has 0 aromatic rings. The van der Waals surface area contributed by atoms with Crippen molar-refractivity contribution in [2.24, 2.45) is 0 Å². The summed E-state index contributed by atoms with van der Waals surface area (Å²) in [7, 11) is 1.60. The van der Waals surface area contributed by atoms with Gasteiger partial charge in [0.1, 0.15) is 6.79 Å². The summed E-state index contributed by atoms with van der Waals surface area (Å²) >= 11 is 0. The van der Waals surface area contributed by atoms with E-state index < -0.39 is 0 Å². The Morgan fingerprint density at radius 1 is 1.64 bits per heavy atom. The maximum atomic E-state index is 8.76. The Morgan fingerprint density at radius 3 is 3.00 bits per heavy atom. The van der Waals surface area contributed by atoms with Gasteiger partial charge in [0.15, 0.2) is 0 Å². The maximum absolute atomic E-state index is 8.76. The molecule has 2 atom stereocenters. The first-order chi connectivity index (χ1) is 5.36. The van der Waals surface area contributed by atoms with Crippen LogP contribution in [0.2, 0.25) is 0 Å². The molecule has 0 radical (unpaired) electrons. The number of hydrogen-bond donors (Lipinski definition) is 2. The molecule has 4 heteroatoms. The Labute approximate surface area is 66.5 Å². The first-order valence-corrected chi connectivity index (χ1v) is 3.81. The molecular weight excluding hydrogens is 146 g/mol. The molecule has 1 heterocycles. The standard InChI is InChI=1S/C7H15NO3/c1-10-5-11-7-2-6(4-9)8-3-7/h6-9H,2-5H2,1H3. The van der Waals surface area contributed by atoms with Crippen molar-refractivity contribution in [3.05, 3.63) is 0 Å². The van der Waals surface area contributed by atoms with Gasteiger partial charge in [-0.3, -0.25) is 0 Å². The molecule has 1 rings (SSSR count). The summed E-state index contributed by atoms with van der Waals surface area (Å²) in [6.07, 6.45) is 1.08. The molecular formula is C7H15NO3. The predicted octanol–water partition coefficient (Wildman–Crippen LogP) is -0.670. The van der Waals surface area contributed by atoms with Gasteiger partial charge in [-0.2, -0.15) is 0 Å². The molecule has 66 valence electrons. The Bertz CT molecular complexity index is 110. The van der Waals surface area contributed by atoms with E-state index in [0.717, 1.165) is 13.0 Å². The zero-order chi connectivity index (χ0) is 8.10. The molecule has 1 aliphatic rings. The summed E-state index contributed by atoms with van der Waals surface area (Å²) in [5.74, 6) is 0. The highest BCUT2D eigenvalue weighted by Crippen LogP contribution is 2.09. The van der Waals surface area contributed by atoms with E-state index in [4.69, 9.17) is 14.6 Å². The highest BCUT2D eigenvalue weighted by Gasteiger charge is 2.23. The van der Waals surface area contributed by atoms with Gasteiger partial charge < -0.3 is 19.9 Å². The number of aliphatic hydroxyl groups is 1. The van der Waals surface area contributed by atoms with E-state index in [2.05, 4.69) is 5.32 Å². The molecule has 0 aromatic carbocycles. The van der Waals surface area contributed by atoms with Gasteiger partial charge in [0, 0.05) is 19.7 Å². The second-order valence-electron chi connectivity index (χ2n) is 2.72. The van der Waals surface area contributed by atoms with Gasteiger partial charge in [-0.15, -0.1) is 0 Å². The van der Waals surface area contributed by atoms with Gasteiger partial charge in [0.25, 0.3) is 0 Å². The molecule has 11 heavy (non-hydrogen) atoms. The number of rotatable bonds is 4. The van der Waals surface area contributed by atoms with Gasteiger partial charge >= 0.3 is 0 Å². The molecule has 2 N–H and O–H groups in total. The van der Waals surface area contributed by atoms with E-state index >= 15 is 0 Å². The SMILES string of the molecule is COCOC1CNC(CO)C1. The monoisotopic (exact) mass is 161 g/mol. The Hall–Kier alpha value is -0.160. The summed E-state index contributed by atoms with van der Waals surface area (Å²) in [5, 5.41) is 11.9. The van der Waals surface area contributed by atoms with Crippen LogP contribution >= 0.6 is 0 Å². The molecule has 0 aromatic heterocycles. The normalized spacial score (nSPS) is 31.1. The lowest BCUT2D eigenvalue weighted by Crippen LogP contribution is -2.24. The van der Waals surface area contributed by atoms with Crippen LogP contribution in [0, 0.1) is 0 Å². The van der Waals surface area contributed by atoms with Gasteiger partial charge in [0.05, 0.1) is 12.7 Å². The van der Waals surface area contributed by atoms with E-state index in [1.807, 2.05) is 0 Å². The smallest absolute Gasteiger partial charge is 0.146 e. The molecule has 0 saturated carbocycles. The van der Waals surface area contributed by atoms with Crippen LogP contribution in [0.4, 0.5) is 0 Å². The molecule has 0 bridgehead atoms. The van der Waals surface area contributed by atoms with Gasteiger partial charge in [-0.1, -0.05) is 0 Å². The third-order valence-corrected chi connectivity index (χ3v) is 1.82. The summed E-state index contributed by atoms with van der Waals surface area (Å²) in [6.45, 7) is 1.34. The third kappa shape index (κ3) is 2.75. The van der Waals surface area contributed by atoms with Crippen molar-refractivity contribution in [3.8, 4) is 0 Å². The van der Waals surface area contributed by atoms with Crippen LogP contribution in [0.25, 0.3) is 0 Å². The number of aliphatic hydroxyl groups excluding tert-OH is 1. The summed E-state index contributed by atoms with van der Waals surface area (Å²) in [6, 6.07) is 0.205. The minimum atomic E-state index is 0.187. The topological polar surface area (TPSA) is 50.7 Å². The average Bonchev–Trinajstić information content (AvgIpc) is 2.48. The zero-order valence-electron chi connectivity index (χ0n) is 6.75. The molecule has 0 amide bonds. The number of hydrogen-bond acceptors (Lipinski definition) is 4. The minimum Gasteiger partial charge on any atom is -0.395 e. The van der Waals surface area contributed by atoms with Gasteiger partial charge in [-0.25, -0.2) is 0 Å². The fraction of sp³-hybridized carbons (Fsp3) is 1.00. The van der Waals surface area contributed by atoms with E-state index in [9.17, 15) is 0 Å². The Morgan fingerprint density at radius 2 is 2.45 bits per heavy atom. The summed E-state index contributed by atoms with van der Waals surface area (Å²) < 4.78 is 10.0. The summed E-state index contributed by atoms with van der Waals surface area (Å²) in [5.41, 5.74) is 0. The predicted molar refractivity (Wildman–Crippen MR) is 40.2 cm³/mol. The molecule has 1 aliphatic heterocycles. The maximum Gasteiger partial charge on any atom is 0.146 e. The lowest BCUT2D eigenvalue weighted by molar-refractivity contribution is -0.0652. The Kier molecular flexibility index (Phi) is 3.79. The molecule has 0 aliphatic carbocycles. The first-order valence-electron chi connectivity index (χ1n) is 3.81. The van der Waals surface area contributed by atoms with Crippen molar-refractivity contribution in [3.63, 3.8) is 0 Å². The van der Waals surface area contributed by atoms with Crippen molar-refractivity contribution < 1.29 is 14.6 Å². The molecule has 2 unspecified atom stereocenters. The highest BCUT2D eigenvalue weighted by molar-refractivity contribution is 4.81. The quantitative estimate of drug-likeness (QED) is 0.537. The second kappa shape index (κ2) is 4.66. The molecule has 0 spiro atoms. The van der Waals surface area contributed by atoms with Crippen LogP contribution in [0.5, 0.6) is 0 Å². The summed E-state index contributed by atoms with van der Waals surface area (Å²) in [4.78, 5) is 0. The van der Waals surface area contributed by atoms with E-state index in [1.165, 1.54) is 0 Å². The first kappa shape index (κ1) is 8.93. The van der Waals surface area contributed by atoms with Crippen LogP contribution < -0.4 is 5.32 Å². The van der Waals surface area contributed by atoms with Crippen LogP contribution in [0.3, 0.4) is 0 Å². The lowest BCUT2D eigenvalue weighted by Gasteiger charge is -2.08. The van der Waals surface area contributed by atoms with Crippen LogP contribution in [0.1, 0.15) is 6.42 Å². The van der Waals surface area contributed by atoms with E-state index in [1.54, 1.807) is 7.11 Å². The van der Waals surface area contributed by atoms with Crippen LogP contribution in [0.15, 0.2) is 0 Å². The zero-order valence-corrected chi connectivity index (χ0v) is 6.75. The molecule has 4 nitrogen and oxygen atoms in total. The van der Waals surface area contributed by atoms with Crippen molar-refractivity contribution in [1.82, 2.24) is 5.32 Å². The van der Waals surface area contributed by atoms with E-state index in [0.29, 0.717) is 6.79 Å². The Balaban J connectivity index is 2.09. The fourth-order valence-electron chi connectivity index (χ4n) is 1.21. The van der Waals surface area contributed by atoms with Crippen LogP contribution in [-0.4, -0.2) is 44.3 Å². The lowest BCUT2D eigenvalue weighted by atomic mass is 10.2. The minimum absolute atomic E-state index is 0.187. The molecule has 1 saturated heterocycles. The van der Waals surface area contributed by atoms with Crippen molar-refractivity contribution in [2.75, 3.05) is 27.1 Å². The van der Waals surface area contributed by atoms with Gasteiger partial charge in [-0.05, 0) is 6.42 Å². The number of methoxy groups -OCH3 is 1. The number of ether oxygens (including phenoxy) is 2. The second-order valence-corrected chi connectivity index (χ2v) is 2.72. The molecule has 1 fully saturated rings. The van der Waals surface area contributed by atoms with E-state index in [-0.39, 0.29) is 18.8 Å². The van der Waals surface area contributed by atoms with Gasteiger partial charge in [0.2, 0.25) is 0 Å².